The van der Waals surface area contributed by atoms with Crippen molar-refractivity contribution in [1.29, 1.82) is 0 Å². The first kappa shape index (κ1) is 24.1. The molecule has 0 amide bonds. The summed E-state index contributed by atoms with van der Waals surface area (Å²) in [7, 11) is 0. The standard InChI is InChI=1S/C34H30BrN/c1-34(2,3)29-22-30(35)24-33(23-29)36(31-18-14-27(15-19-31)25-10-6-4-7-11-25)32-20-16-28(17-21-32)26-12-8-5-9-13-26/h4-24H,1-3H3. The zero-order chi connectivity index (χ0) is 25.1. The molecule has 2 heteroatoms. The zero-order valence-electron chi connectivity index (χ0n) is 20.9. The van der Waals surface area contributed by atoms with Gasteiger partial charge in [-0.25, -0.2) is 0 Å². The molecule has 0 N–H and O–H groups in total. The molecule has 5 aromatic carbocycles. The van der Waals surface area contributed by atoms with Crippen LogP contribution in [0.4, 0.5) is 17.1 Å². The van der Waals surface area contributed by atoms with Crippen molar-refractivity contribution in [2.75, 3.05) is 4.90 Å². The molecule has 0 heterocycles. The second-order valence-electron chi connectivity index (χ2n) is 10.1. The fourth-order valence-corrected chi connectivity index (χ4v) is 4.93. The molecular weight excluding hydrogens is 502 g/mol. The normalized spacial score (nSPS) is 11.3. The highest BCUT2D eigenvalue weighted by atomic mass is 79.9. The lowest BCUT2D eigenvalue weighted by Crippen LogP contribution is -2.14. The second-order valence-corrected chi connectivity index (χ2v) is 11.0. The summed E-state index contributed by atoms with van der Waals surface area (Å²) >= 11 is 3.78. The molecule has 0 radical (unpaired) electrons. The highest BCUT2D eigenvalue weighted by Crippen LogP contribution is 2.40. The van der Waals surface area contributed by atoms with Crippen molar-refractivity contribution >= 4 is 33.0 Å². The van der Waals surface area contributed by atoms with E-state index in [1.54, 1.807) is 0 Å². The summed E-state index contributed by atoms with van der Waals surface area (Å²) in [6.07, 6.45) is 0. The third-order valence-electron chi connectivity index (χ3n) is 6.47. The van der Waals surface area contributed by atoms with E-state index in [-0.39, 0.29) is 5.41 Å². The van der Waals surface area contributed by atoms with Gasteiger partial charge >= 0.3 is 0 Å². The molecule has 0 unspecified atom stereocenters. The molecule has 0 saturated heterocycles. The zero-order valence-corrected chi connectivity index (χ0v) is 22.5. The summed E-state index contributed by atoms with van der Waals surface area (Å²) in [5, 5.41) is 0. The van der Waals surface area contributed by atoms with Crippen molar-refractivity contribution in [3.8, 4) is 22.3 Å². The average molecular weight is 533 g/mol. The lowest BCUT2D eigenvalue weighted by molar-refractivity contribution is 0.590. The van der Waals surface area contributed by atoms with E-state index in [9.17, 15) is 0 Å². The van der Waals surface area contributed by atoms with Gasteiger partial charge in [-0.05, 0) is 75.7 Å². The van der Waals surface area contributed by atoms with Crippen LogP contribution in [0.3, 0.4) is 0 Å². The van der Waals surface area contributed by atoms with Crippen LogP contribution in [0, 0.1) is 0 Å². The number of halogens is 1. The summed E-state index contributed by atoms with van der Waals surface area (Å²) in [6.45, 7) is 6.77. The van der Waals surface area contributed by atoms with Crippen LogP contribution < -0.4 is 4.90 Å². The number of hydrogen-bond acceptors (Lipinski definition) is 1. The van der Waals surface area contributed by atoms with E-state index in [1.165, 1.54) is 27.8 Å². The fraction of sp³-hybridized carbons (Fsp3) is 0.118. The maximum Gasteiger partial charge on any atom is 0.0475 e. The summed E-state index contributed by atoms with van der Waals surface area (Å²) in [5.41, 5.74) is 9.58. The molecule has 0 spiro atoms. The topological polar surface area (TPSA) is 3.24 Å². The third-order valence-corrected chi connectivity index (χ3v) is 6.93. The summed E-state index contributed by atoms with van der Waals surface area (Å²) in [5.74, 6) is 0. The van der Waals surface area contributed by atoms with E-state index in [1.807, 2.05) is 0 Å². The van der Waals surface area contributed by atoms with Crippen LogP contribution in [0.5, 0.6) is 0 Å². The molecule has 0 aliphatic heterocycles. The highest BCUT2D eigenvalue weighted by molar-refractivity contribution is 9.10. The summed E-state index contributed by atoms with van der Waals surface area (Å²) < 4.78 is 1.08. The van der Waals surface area contributed by atoms with Gasteiger partial charge < -0.3 is 4.90 Å². The average Bonchev–Trinajstić information content (AvgIpc) is 2.90. The summed E-state index contributed by atoms with van der Waals surface area (Å²) in [6, 6.07) is 45.5. The quantitative estimate of drug-likeness (QED) is 0.218. The molecule has 0 saturated carbocycles. The van der Waals surface area contributed by atoms with Gasteiger partial charge in [-0.1, -0.05) is 122 Å². The summed E-state index contributed by atoms with van der Waals surface area (Å²) in [4.78, 5) is 2.34. The Bertz CT molecular complexity index is 1350. The SMILES string of the molecule is CC(C)(C)c1cc(Br)cc(N(c2ccc(-c3ccccc3)cc2)c2ccc(-c3ccccc3)cc2)c1. The molecule has 5 aromatic rings. The molecule has 178 valence electrons. The van der Waals surface area contributed by atoms with Gasteiger partial charge in [-0.2, -0.15) is 0 Å². The molecule has 0 bridgehead atoms. The smallest absolute Gasteiger partial charge is 0.0475 e. The highest BCUT2D eigenvalue weighted by Gasteiger charge is 2.19. The van der Waals surface area contributed by atoms with Crippen LogP contribution in [0.15, 0.2) is 132 Å². The first-order chi connectivity index (χ1) is 17.4. The molecule has 0 aliphatic rings. The van der Waals surface area contributed by atoms with Crippen LogP contribution in [0.1, 0.15) is 26.3 Å². The van der Waals surface area contributed by atoms with Crippen molar-refractivity contribution in [1.82, 2.24) is 0 Å². The van der Waals surface area contributed by atoms with Crippen molar-refractivity contribution in [2.24, 2.45) is 0 Å². The van der Waals surface area contributed by atoms with Gasteiger partial charge in [0.25, 0.3) is 0 Å². The van der Waals surface area contributed by atoms with Crippen molar-refractivity contribution < 1.29 is 0 Å². The maximum atomic E-state index is 3.78. The van der Waals surface area contributed by atoms with Crippen LogP contribution in [-0.2, 0) is 5.41 Å². The Balaban J connectivity index is 1.60. The Morgan fingerprint density at radius 1 is 0.472 bits per heavy atom. The van der Waals surface area contributed by atoms with Gasteiger partial charge in [-0.3, -0.25) is 0 Å². The lowest BCUT2D eigenvalue weighted by atomic mass is 9.87. The molecule has 1 nitrogen and oxygen atoms in total. The van der Waals surface area contributed by atoms with Gasteiger partial charge in [0.2, 0.25) is 0 Å². The van der Waals surface area contributed by atoms with E-state index in [0.717, 1.165) is 21.5 Å². The van der Waals surface area contributed by atoms with Crippen molar-refractivity contribution in [2.45, 2.75) is 26.2 Å². The van der Waals surface area contributed by atoms with Crippen LogP contribution in [0.2, 0.25) is 0 Å². The van der Waals surface area contributed by atoms with Gasteiger partial charge in [0, 0.05) is 21.5 Å². The van der Waals surface area contributed by atoms with E-state index in [4.69, 9.17) is 0 Å². The van der Waals surface area contributed by atoms with Crippen LogP contribution >= 0.6 is 15.9 Å². The molecule has 0 fully saturated rings. The number of rotatable bonds is 5. The number of hydrogen-bond donors (Lipinski definition) is 0. The van der Waals surface area contributed by atoms with Crippen molar-refractivity contribution in [3.63, 3.8) is 0 Å². The monoisotopic (exact) mass is 531 g/mol. The van der Waals surface area contributed by atoms with E-state index >= 15 is 0 Å². The Hall–Kier alpha value is -3.62. The van der Waals surface area contributed by atoms with Gasteiger partial charge in [0.05, 0.1) is 0 Å². The predicted molar refractivity (Wildman–Crippen MR) is 158 cm³/mol. The minimum atomic E-state index is 0.0402. The molecule has 5 rings (SSSR count). The third kappa shape index (κ3) is 5.29. The predicted octanol–water partition coefficient (Wildman–Crippen LogP) is 10.6. The van der Waals surface area contributed by atoms with E-state index in [0.29, 0.717) is 0 Å². The molecular formula is C34H30BrN. The first-order valence-electron chi connectivity index (χ1n) is 12.3. The fourth-order valence-electron chi connectivity index (χ4n) is 4.45. The second kappa shape index (κ2) is 10.2. The molecule has 0 aromatic heterocycles. The lowest BCUT2D eigenvalue weighted by Gasteiger charge is -2.28. The number of anilines is 3. The van der Waals surface area contributed by atoms with E-state index in [2.05, 4.69) is 169 Å². The Morgan fingerprint density at radius 3 is 1.31 bits per heavy atom. The number of nitrogens with zero attached hydrogens (tertiary/aromatic N) is 1. The van der Waals surface area contributed by atoms with Crippen LogP contribution in [-0.4, -0.2) is 0 Å². The molecule has 0 aliphatic carbocycles. The van der Waals surface area contributed by atoms with Gasteiger partial charge in [0.15, 0.2) is 0 Å². The maximum absolute atomic E-state index is 3.78. The largest absolute Gasteiger partial charge is 0.310 e. The Labute approximate surface area is 223 Å². The van der Waals surface area contributed by atoms with Gasteiger partial charge in [-0.15, -0.1) is 0 Å². The van der Waals surface area contributed by atoms with Crippen LogP contribution in [0.25, 0.3) is 22.3 Å². The van der Waals surface area contributed by atoms with E-state index < -0.39 is 0 Å². The van der Waals surface area contributed by atoms with Crippen molar-refractivity contribution in [3.05, 3.63) is 137 Å². The Morgan fingerprint density at radius 2 is 0.889 bits per heavy atom. The number of benzene rings is 5. The molecule has 36 heavy (non-hydrogen) atoms. The Kier molecular flexibility index (Phi) is 6.80. The molecule has 0 atom stereocenters. The minimum absolute atomic E-state index is 0.0402. The van der Waals surface area contributed by atoms with Gasteiger partial charge in [0.1, 0.15) is 0 Å². The minimum Gasteiger partial charge on any atom is -0.310 e. The first-order valence-corrected chi connectivity index (χ1v) is 13.1.